The van der Waals surface area contributed by atoms with Gasteiger partial charge >= 0.3 is 5.97 Å². The lowest BCUT2D eigenvalue weighted by atomic mass is 10.1. The van der Waals surface area contributed by atoms with Crippen LogP contribution in [0.2, 0.25) is 0 Å². The minimum Gasteiger partial charge on any atom is -0.463 e. The van der Waals surface area contributed by atoms with Crippen molar-refractivity contribution >= 4 is 11.8 Å². The van der Waals surface area contributed by atoms with E-state index in [1.165, 1.54) is 77.6 Å². The number of carbonyl (C=O) groups is 2. The topological polar surface area (TPSA) is 63.6 Å². The lowest BCUT2D eigenvalue weighted by Crippen LogP contribution is -2.29. The summed E-state index contributed by atoms with van der Waals surface area (Å²) in [5.41, 5.74) is 0. The van der Waals surface area contributed by atoms with Gasteiger partial charge in [0.05, 0.1) is 6.61 Å². The van der Waals surface area contributed by atoms with E-state index in [2.05, 4.69) is 19.1 Å². The number of allylic oxidation sites excluding steroid dienone is 2. The minimum absolute atomic E-state index is 0.282. The predicted octanol–water partition coefficient (Wildman–Crippen LogP) is 5.52. The molecule has 4 heteroatoms. The zero-order valence-corrected chi connectivity index (χ0v) is 17.0. The summed E-state index contributed by atoms with van der Waals surface area (Å²) in [6.07, 6.45) is 20.2. The highest BCUT2D eigenvalue weighted by molar-refractivity contribution is 6.00. The number of hydrogen-bond acceptors (Lipinski definition) is 4. The summed E-state index contributed by atoms with van der Waals surface area (Å²) < 4.78 is 4.87. The van der Waals surface area contributed by atoms with Crippen molar-refractivity contribution in [2.24, 2.45) is 0 Å². The van der Waals surface area contributed by atoms with Gasteiger partial charge in [-0.15, -0.1) is 0 Å². The zero-order chi connectivity index (χ0) is 19.5. The first-order chi connectivity index (χ1) is 12.6. The first-order valence-corrected chi connectivity index (χ1v) is 10.6. The number of hydrogen-bond donors (Lipinski definition) is 1. The Morgan fingerprint density at radius 1 is 0.808 bits per heavy atom. The second-order valence-corrected chi connectivity index (χ2v) is 7.12. The molecule has 0 aliphatic rings. The second kappa shape index (κ2) is 18.6. The normalized spacial score (nSPS) is 12.4. The van der Waals surface area contributed by atoms with Crippen LogP contribution in [0.4, 0.5) is 0 Å². The van der Waals surface area contributed by atoms with Crippen LogP contribution in [0.5, 0.6) is 0 Å². The molecule has 0 saturated heterocycles. The Kier molecular flexibility index (Phi) is 17.8. The third kappa shape index (κ3) is 16.3. The minimum atomic E-state index is -1.62. The number of ether oxygens (including phenoxy) is 1. The highest BCUT2D eigenvalue weighted by Crippen LogP contribution is 2.10. The van der Waals surface area contributed by atoms with Gasteiger partial charge in [0.2, 0.25) is 6.10 Å². The molecule has 26 heavy (non-hydrogen) atoms. The van der Waals surface area contributed by atoms with Gasteiger partial charge in [0.1, 0.15) is 0 Å². The van der Waals surface area contributed by atoms with Gasteiger partial charge in [0.25, 0.3) is 0 Å². The van der Waals surface area contributed by atoms with Crippen LogP contribution in [-0.4, -0.2) is 29.6 Å². The van der Waals surface area contributed by atoms with Gasteiger partial charge in [0, 0.05) is 0 Å². The van der Waals surface area contributed by atoms with Gasteiger partial charge in [-0.05, 0) is 39.0 Å². The summed E-state index contributed by atoms with van der Waals surface area (Å²) in [5.74, 6) is -1.40. The Morgan fingerprint density at radius 3 is 1.77 bits per heavy atom. The van der Waals surface area contributed by atoms with Crippen molar-refractivity contribution in [1.29, 1.82) is 0 Å². The predicted molar refractivity (Wildman–Crippen MR) is 107 cm³/mol. The van der Waals surface area contributed by atoms with Gasteiger partial charge < -0.3 is 9.84 Å². The Bertz CT molecular complexity index is 376. The fourth-order valence-electron chi connectivity index (χ4n) is 2.77. The molecule has 0 radical (unpaired) electrons. The van der Waals surface area contributed by atoms with Crippen LogP contribution in [0.3, 0.4) is 0 Å². The van der Waals surface area contributed by atoms with Crippen LogP contribution in [0.15, 0.2) is 12.2 Å². The summed E-state index contributed by atoms with van der Waals surface area (Å²) in [5, 5.41) is 9.20. The Hall–Kier alpha value is -1.16. The quantitative estimate of drug-likeness (QED) is 0.150. The summed E-state index contributed by atoms with van der Waals surface area (Å²) >= 11 is 0. The first kappa shape index (κ1) is 24.8. The van der Waals surface area contributed by atoms with Crippen LogP contribution >= 0.6 is 0 Å². The molecule has 1 atom stereocenters. The Morgan fingerprint density at radius 2 is 1.27 bits per heavy atom. The van der Waals surface area contributed by atoms with E-state index in [1.807, 2.05) is 0 Å². The zero-order valence-electron chi connectivity index (χ0n) is 17.0. The number of aliphatic hydroxyl groups is 1. The number of carbonyl (C=O) groups excluding carboxylic acids is 2. The van der Waals surface area contributed by atoms with E-state index >= 15 is 0 Å². The number of esters is 1. The van der Waals surface area contributed by atoms with E-state index < -0.39 is 17.9 Å². The Labute approximate surface area is 160 Å². The van der Waals surface area contributed by atoms with Crippen LogP contribution in [0.1, 0.15) is 104 Å². The SMILES string of the molecule is CCCCCCCC/C=C\CCCCCCCCOC(=O)C(O)C(C)=O. The maximum absolute atomic E-state index is 11.2. The van der Waals surface area contributed by atoms with Crippen LogP contribution < -0.4 is 0 Å². The molecule has 0 aromatic heterocycles. The summed E-state index contributed by atoms with van der Waals surface area (Å²) in [6, 6.07) is 0. The molecule has 0 heterocycles. The average Bonchev–Trinajstić information content (AvgIpc) is 2.63. The van der Waals surface area contributed by atoms with Crippen LogP contribution in [0.25, 0.3) is 0 Å². The number of ketones is 1. The van der Waals surface area contributed by atoms with E-state index in [0.717, 1.165) is 19.3 Å². The molecule has 0 saturated carbocycles. The van der Waals surface area contributed by atoms with Crippen LogP contribution in [0, 0.1) is 0 Å². The standard InChI is InChI=1S/C22H40O4/c1-3-4-5-6-7-8-9-10-11-12-13-14-15-16-17-18-19-26-22(25)21(24)20(2)23/h10-11,21,24H,3-9,12-19H2,1-2H3/b11-10-. The highest BCUT2D eigenvalue weighted by Gasteiger charge is 2.20. The van der Waals surface area contributed by atoms with Gasteiger partial charge in [-0.1, -0.05) is 76.9 Å². The number of aliphatic hydroxyl groups excluding tert-OH is 1. The molecule has 0 fully saturated rings. The van der Waals surface area contributed by atoms with Crippen molar-refractivity contribution in [3.63, 3.8) is 0 Å². The molecular weight excluding hydrogens is 328 g/mol. The largest absolute Gasteiger partial charge is 0.463 e. The van der Waals surface area contributed by atoms with Crippen molar-refractivity contribution in [1.82, 2.24) is 0 Å². The summed E-state index contributed by atoms with van der Waals surface area (Å²) in [6.45, 7) is 3.71. The smallest absolute Gasteiger partial charge is 0.342 e. The van der Waals surface area contributed by atoms with Crippen molar-refractivity contribution in [2.45, 2.75) is 110 Å². The average molecular weight is 369 g/mol. The molecule has 0 aromatic carbocycles. The van der Waals surface area contributed by atoms with E-state index in [9.17, 15) is 14.7 Å². The molecule has 0 aromatic rings. The van der Waals surface area contributed by atoms with E-state index in [4.69, 9.17) is 4.74 Å². The molecule has 0 aliphatic carbocycles. The monoisotopic (exact) mass is 368 g/mol. The van der Waals surface area contributed by atoms with Crippen molar-refractivity contribution < 1.29 is 19.4 Å². The molecule has 1 N–H and O–H groups in total. The molecule has 0 rings (SSSR count). The molecule has 0 spiro atoms. The van der Waals surface area contributed by atoms with Crippen molar-refractivity contribution in [2.75, 3.05) is 6.61 Å². The third-order valence-electron chi connectivity index (χ3n) is 4.51. The summed E-state index contributed by atoms with van der Waals surface area (Å²) in [4.78, 5) is 22.1. The highest BCUT2D eigenvalue weighted by atomic mass is 16.5. The van der Waals surface area contributed by atoms with Gasteiger partial charge in [0.15, 0.2) is 5.78 Å². The lowest BCUT2D eigenvalue weighted by Gasteiger charge is -2.07. The molecule has 0 aliphatic heterocycles. The van der Waals surface area contributed by atoms with Crippen molar-refractivity contribution in [3.8, 4) is 0 Å². The number of Topliss-reactive ketones (excluding diaryl/α,β-unsaturated/α-hetero) is 1. The molecule has 152 valence electrons. The fourth-order valence-corrected chi connectivity index (χ4v) is 2.77. The summed E-state index contributed by atoms with van der Waals surface area (Å²) in [7, 11) is 0. The Balaban J connectivity index is 3.25. The van der Waals surface area contributed by atoms with Crippen LogP contribution in [-0.2, 0) is 14.3 Å². The maximum atomic E-state index is 11.2. The maximum Gasteiger partial charge on any atom is 0.342 e. The van der Waals surface area contributed by atoms with E-state index in [0.29, 0.717) is 0 Å². The first-order valence-electron chi connectivity index (χ1n) is 10.6. The molecular formula is C22H40O4. The number of unbranched alkanes of at least 4 members (excludes halogenated alkanes) is 12. The van der Waals surface area contributed by atoms with E-state index in [-0.39, 0.29) is 6.61 Å². The number of rotatable bonds is 18. The lowest BCUT2D eigenvalue weighted by molar-refractivity contribution is -0.157. The van der Waals surface area contributed by atoms with Gasteiger partial charge in [-0.2, -0.15) is 0 Å². The second-order valence-electron chi connectivity index (χ2n) is 7.12. The van der Waals surface area contributed by atoms with Gasteiger partial charge in [-0.3, -0.25) is 4.79 Å². The molecule has 1 unspecified atom stereocenters. The molecule has 0 bridgehead atoms. The third-order valence-corrected chi connectivity index (χ3v) is 4.51. The fraction of sp³-hybridized carbons (Fsp3) is 0.818. The van der Waals surface area contributed by atoms with Gasteiger partial charge in [-0.25, -0.2) is 4.79 Å². The van der Waals surface area contributed by atoms with Crippen molar-refractivity contribution in [3.05, 3.63) is 12.2 Å². The van der Waals surface area contributed by atoms with E-state index in [1.54, 1.807) is 0 Å². The molecule has 4 nitrogen and oxygen atoms in total. The molecule has 0 amide bonds.